The van der Waals surface area contributed by atoms with Crippen LogP contribution in [0.15, 0.2) is 18.2 Å². The number of ether oxygens (including phenoxy) is 1. The van der Waals surface area contributed by atoms with Gasteiger partial charge in [-0.2, -0.15) is 0 Å². The number of nitro groups is 1. The van der Waals surface area contributed by atoms with Crippen LogP contribution in [-0.2, 0) is 0 Å². The zero-order valence-electron chi connectivity index (χ0n) is 13.0. The second-order valence-electron chi connectivity index (χ2n) is 6.19. The topological polar surface area (TPSA) is 64.4 Å². The van der Waals surface area contributed by atoms with E-state index in [1.165, 1.54) is 12.8 Å². The van der Waals surface area contributed by atoms with Crippen molar-refractivity contribution < 1.29 is 9.66 Å². The number of benzene rings is 1. The Bertz CT molecular complexity index is 502. The normalized spacial score (nSPS) is 22.1. The van der Waals surface area contributed by atoms with Crippen molar-refractivity contribution >= 4 is 11.4 Å². The van der Waals surface area contributed by atoms with Gasteiger partial charge >= 0.3 is 5.69 Å². The summed E-state index contributed by atoms with van der Waals surface area (Å²) in [6.45, 7) is 5.97. The Morgan fingerprint density at radius 3 is 2.76 bits per heavy atom. The zero-order valence-corrected chi connectivity index (χ0v) is 13.0. The van der Waals surface area contributed by atoms with E-state index in [9.17, 15) is 10.1 Å². The third kappa shape index (κ3) is 4.09. The number of hydrogen-bond acceptors (Lipinski definition) is 4. The van der Waals surface area contributed by atoms with E-state index in [2.05, 4.69) is 12.2 Å². The maximum atomic E-state index is 11.4. The molecular formula is C16H24N2O3. The van der Waals surface area contributed by atoms with E-state index in [1.807, 2.05) is 13.8 Å². The number of anilines is 1. The van der Waals surface area contributed by atoms with Crippen molar-refractivity contribution in [3.8, 4) is 5.75 Å². The number of nitro benzene ring substituents is 1. The first-order chi connectivity index (χ1) is 9.97. The zero-order chi connectivity index (χ0) is 15.4. The third-order valence-corrected chi connectivity index (χ3v) is 3.84. The highest BCUT2D eigenvalue weighted by Crippen LogP contribution is 2.37. The van der Waals surface area contributed by atoms with Gasteiger partial charge in [-0.05, 0) is 44.7 Å². The van der Waals surface area contributed by atoms with E-state index in [0.29, 0.717) is 23.4 Å². The highest BCUT2D eigenvalue weighted by molar-refractivity contribution is 5.68. The Morgan fingerprint density at radius 2 is 2.14 bits per heavy atom. The fraction of sp³-hybridized carbons (Fsp3) is 0.625. The van der Waals surface area contributed by atoms with Gasteiger partial charge in [-0.1, -0.05) is 25.8 Å². The van der Waals surface area contributed by atoms with Gasteiger partial charge < -0.3 is 10.1 Å². The van der Waals surface area contributed by atoms with Crippen LogP contribution < -0.4 is 10.1 Å². The van der Waals surface area contributed by atoms with Gasteiger partial charge in [0.1, 0.15) is 5.69 Å². The first kappa shape index (κ1) is 15.6. The summed E-state index contributed by atoms with van der Waals surface area (Å²) in [7, 11) is 0. The van der Waals surface area contributed by atoms with Gasteiger partial charge in [0, 0.05) is 6.04 Å². The van der Waals surface area contributed by atoms with Gasteiger partial charge in [-0.3, -0.25) is 10.1 Å². The van der Waals surface area contributed by atoms with E-state index in [1.54, 1.807) is 18.2 Å². The fourth-order valence-electron chi connectivity index (χ4n) is 2.96. The molecule has 0 aromatic heterocycles. The van der Waals surface area contributed by atoms with E-state index in [-0.39, 0.29) is 16.7 Å². The van der Waals surface area contributed by atoms with E-state index >= 15 is 0 Å². The molecule has 0 radical (unpaired) electrons. The monoisotopic (exact) mass is 292 g/mol. The minimum absolute atomic E-state index is 0.0458. The molecule has 1 aliphatic carbocycles. The lowest BCUT2D eigenvalue weighted by molar-refractivity contribution is -0.385. The SMILES string of the molecule is CC1CCCC(Nc2cccc(OC(C)C)c2[N+](=O)[O-])C1. The predicted octanol–water partition coefficient (Wildman–Crippen LogP) is 4.37. The van der Waals surface area contributed by atoms with Gasteiger partial charge in [-0.15, -0.1) is 0 Å². The molecule has 1 saturated carbocycles. The molecule has 1 aliphatic rings. The molecule has 1 aromatic rings. The number of nitrogens with one attached hydrogen (secondary N) is 1. The van der Waals surface area contributed by atoms with Crippen LogP contribution in [0.4, 0.5) is 11.4 Å². The molecular weight excluding hydrogens is 268 g/mol. The van der Waals surface area contributed by atoms with Crippen LogP contribution in [0.5, 0.6) is 5.75 Å². The predicted molar refractivity (Wildman–Crippen MR) is 83.9 cm³/mol. The van der Waals surface area contributed by atoms with Crippen molar-refractivity contribution in [1.29, 1.82) is 0 Å². The second-order valence-corrected chi connectivity index (χ2v) is 6.19. The molecule has 0 spiro atoms. The molecule has 2 unspecified atom stereocenters. The summed E-state index contributed by atoms with van der Waals surface area (Å²) in [6.07, 6.45) is 4.46. The van der Waals surface area contributed by atoms with Crippen LogP contribution in [0, 0.1) is 16.0 Å². The summed E-state index contributed by atoms with van der Waals surface area (Å²) in [5, 5.41) is 14.8. The quantitative estimate of drug-likeness (QED) is 0.646. The van der Waals surface area contributed by atoms with Crippen LogP contribution in [0.25, 0.3) is 0 Å². The molecule has 2 rings (SSSR count). The van der Waals surface area contributed by atoms with E-state index in [0.717, 1.165) is 12.8 Å². The fourth-order valence-corrected chi connectivity index (χ4v) is 2.96. The molecule has 0 amide bonds. The molecule has 1 aromatic carbocycles. The molecule has 116 valence electrons. The molecule has 1 fully saturated rings. The van der Waals surface area contributed by atoms with Crippen LogP contribution in [-0.4, -0.2) is 17.1 Å². The van der Waals surface area contributed by atoms with Crippen LogP contribution in [0.2, 0.25) is 0 Å². The van der Waals surface area contributed by atoms with Crippen LogP contribution in [0.1, 0.15) is 46.5 Å². The third-order valence-electron chi connectivity index (χ3n) is 3.84. The summed E-state index contributed by atoms with van der Waals surface area (Å²) in [5.41, 5.74) is 0.613. The summed E-state index contributed by atoms with van der Waals surface area (Å²) >= 11 is 0. The molecule has 1 N–H and O–H groups in total. The lowest BCUT2D eigenvalue weighted by atomic mass is 9.87. The molecule has 0 saturated heterocycles. The number of rotatable bonds is 5. The number of para-hydroxylation sites is 1. The number of hydrogen-bond donors (Lipinski definition) is 1. The molecule has 5 nitrogen and oxygen atoms in total. The largest absolute Gasteiger partial charge is 0.484 e. The van der Waals surface area contributed by atoms with Gasteiger partial charge in [0.2, 0.25) is 0 Å². The molecule has 5 heteroatoms. The van der Waals surface area contributed by atoms with Gasteiger partial charge in [0.05, 0.1) is 11.0 Å². The molecule has 2 atom stereocenters. The summed E-state index contributed by atoms with van der Waals surface area (Å²) in [6, 6.07) is 5.54. The molecule has 21 heavy (non-hydrogen) atoms. The average molecular weight is 292 g/mol. The van der Waals surface area contributed by atoms with Crippen molar-refractivity contribution in [1.82, 2.24) is 0 Å². The van der Waals surface area contributed by atoms with Gasteiger partial charge in [-0.25, -0.2) is 0 Å². The minimum atomic E-state index is -0.355. The van der Waals surface area contributed by atoms with Gasteiger partial charge in [0.25, 0.3) is 0 Å². The Kier molecular flexibility index (Phi) is 5.04. The standard InChI is InChI=1S/C16H24N2O3/c1-11(2)21-15-9-5-8-14(16(15)18(19)20)17-13-7-4-6-12(3)10-13/h5,8-9,11-13,17H,4,6-7,10H2,1-3H3. The summed E-state index contributed by atoms with van der Waals surface area (Å²) in [5.74, 6) is 1.01. The highest BCUT2D eigenvalue weighted by atomic mass is 16.6. The summed E-state index contributed by atoms with van der Waals surface area (Å²) < 4.78 is 5.58. The lowest BCUT2D eigenvalue weighted by Crippen LogP contribution is -2.26. The Labute approximate surface area is 125 Å². The van der Waals surface area contributed by atoms with Crippen molar-refractivity contribution in [2.75, 3.05) is 5.32 Å². The van der Waals surface area contributed by atoms with Crippen LogP contribution in [0.3, 0.4) is 0 Å². The van der Waals surface area contributed by atoms with Crippen molar-refractivity contribution in [2.24, 2.45) is 5.92 Å². The minimum Gasteiger partial charge on any atom is -0.484 e. The molecule has 0 heterocycles. The van der Waals surface area contributed by atoms with Gasteiger partial charge in [0.15, 0.2) is 5.75 Å². The molecule has 0 aliphatic heterocycles. The smallest absolute Gasteiger partial charge is 0.333 e. The first-order valence-corrected chi connectivity index (χ1v) is 7.68. The van der Waals surface area contributed by atoms with E-state index in [4.69, 9.17) is 4.74 Å². The molecule has 0 bridgehead atoms. The van der Waals surface area contributed by atoms with Crippen LogP contribution >= 0.6 is 0 Å². The number of nitrogens with zero attached hydrogens (tertiary/aromatic N) is 1. The second kappa shape index (κ2) is 6.78. The Hall–Kier alpha value is -1.78. The highest BCUT2D eigenvalue weighted by Gasteiger charge is 2.25. The lowest BCUT2D eigenvalue weighted by Gasteiger charge is -2.28. The van der Waals surface area contributed by atoms with Crippen molar-refractivity contribution in [2.45, 2.75) is 58.6 Å². The average Bonchev–Trinajstić information content (AvgIpc) is 2.37. The Balaban J connectivity index is 2.23. The van der Waals surface area contributed by atoms with E-state index < -0.39 is 0 Å². The van der Waals surface area contributed by atoms with Crippen molar-refractivity contribution in [3.63, 3.8) is 0 Å². The summed E-state index contributed by atoms with van der Waals surface area (Å²) in [4.78, 5) is 11.1. The maximum absolute atomic E-state index is 11.4. The van der Waals surface area contributed by atoms with Crippen molar-refractivity contribution in [3.05, 3.63) is 28.3 Å². The Morgan fingerprint density at radius 1 is 1.38 bits per heavy atom. The first-order valence-electron chi connectivity index (χ1n) is 7.68. The maximum Gasteiger partial charge on any atom is 0.333 e.